The molecular weight excluding hydrogens is 368 g/mol. The summed E-state index contributed by atoms with van der Waals surface area (Å²) in [6, 6.07) is 17.2. The smallest absolute Gasteiger partial charge is 0.410 e. The highest BCUT2D eigenvalue weighted by Gasteiger charge is 2.49. The number of anilines is 1. The lowest BCUT2D eigenvalue weighted by molar-refractivity contribution is -0.136. The van der Waals surface area contributed by atoms with E-state index in [4.69, 9.17) is 9.47 Å². The Hall–Kier alpha value is -2.57. The molecule has 0 radical (unpaired) electrons. The lowest BCUT2D eigenvalue weighted by Gasteiger charge is -2.51. The molecule has 2 aromatic carbocycles. The summed E-state index contributed by atoms with van der Waals surface area (Å²) in [5.41, 5.74) is 1.96. The molecule has 4 rings (SSSR count). The van der Waals surface area contributed by atoms with Crippen LogP contribution in [0, 0.1) is 0 Å². The van der Waals surface area contributed by atoms with Gasteiger partial charge < -0.3 is 19.5 Å². The monoisotopic (exact) mass is 396 g/mol. The Morgan fingerprint density at radius 2 is 1.72 bits per heavy atom. The van der Waals surface area contributed by atoms with Crippen molar-refractivity contribution in [2.45, 2.75) is 37.1 Å². The fraction of sp³-hybridized carbons (Fsp3) is 0.435. The number of morpholine rings is 1. The number of hydrogen-bond donors (Lipinski definition) is 1. The number of amides is 1. The summed E-state index contributed by atoms with van der Waals surface area (Å²) in [6.45, 7) is 1.07. The van der Waals surface area contributed by atoms with Crippen LogP contribution in [0.1, 0.15) is 24.0 Å². The van der Waals surface area contributed by atoms with Gasteiger partial charge in [0.05, 0.1) is 30.9 Å². The molecule has 29 heavy (non-hydrogen) atoms. The number of hydrogen-bond acceptors (Lipinski definition) is 5. The van der Waals surface area contributed by atoms with Gasteiger partial charge in [-0.25, -0.2) is 4.79 Å². The lowest BCUT2D eigenvalue weighted by atomic mass is 9.77. The van der Waals surface area contributed by atoms with E-state index in [1.807, 2.05) is 73.6 Å². The van der Waals surface area contributed by atoms with Crippen molar-refractivity contribution in [2.75, 3.05) is 32.2 Å². The Morgan fingerprint density at radius 3 is 2.31 bits per heavy atom. The molecule has 6 nitrogen and oxygen atoms in total. The van der Waals surface area contributed by atoms with Crippen molar-refractivity contribution < 1.29 is 19.4 Å². The first kappa shape index (κ1) is 19.7. The SMILES string of the molecule is CN(C)c1ccc(C2(O)CC3COCC(C2)N3C(=O)OCc2ccccc2)cc1. The average molecular weight is 396 g/mol. The van der Waals surface area contributed by atoms with Crippen LogP contribution >= 0.6 is 0 Å². The van der Waals surface area contributed by atoms with E-state index in [1.165, 1.54) is 0 Å². The number of nitrogens with zero attached hydrogens (tertiary/aromatic N) is 2. The molecule has 0 aliphatic carbocycles. The second kappa shape index (κ2) is 8.05. The fourth-order valence-electron chi connectivity index (χ4n) is 4.37. The van der Waals surface area contributed by atoms with E-state index in [2.05, 4.69) is 0 Å². The van der Waals surface area contributed by atoms with E-state index < -0.39 is 5.60 Å². The number of piperidine rings is 1. The summed E-state index contributed by atoms with van der Waals surface area (Å²) >= 11 is 0. The first-order valence-corrected chi connectivity index (χ1v) is 10.0. The minimum absolute atomic E-state index is 0.204. The van der Waals surface area contributed by atoms with Crippen LogP contribution in [0.5, 0.6) is 0 Å². The zero-order valence-corrected chi connectivity index (χ0v) is 17.0. The number of ether oxygens (including phenoxy) is 2. The maximum atomic E-state index is 12.8. The van der Waals surface area contributed by atoms with E-state index in [9.17, 15) is 9.90 Å². The molecule has 154 valence electrons. The maximum Gasteiger partial charge on any atom is 0.410 e. The van der Waals surface area contributed by atoms with Gasteiger partial charge in [-0.1, -0.05) is 42.5 Å². The van der Waals surface area contributed by atoms with E-state index in [0.717, 1.165) is 16.8 Å². The van der Waals surface area contributed by atoms with E-state index in [-0.39, 0.29) is 24.8 Å². The van der Waals surface area contributed by atoms with Gasteiger partial charge in [-0.2, -0.15) is 0 Å². The summed E-state index contributed by atoms with van der Waals surface area (Å²) in [6.07, 6.45) is 0.536. The minimum atomic E-state index is -0.972. The summed E-state index contributed by atoms with van der Waals surface area (Å²) in [4.78, 5) is 16.6. The Labute approximate surface area is 171 Å². The van der Waals surface area contributed by atoms with Crippen molar-refractivity contribution in [3.05, 3.63) is 65.7 Å². The van der Waals surface area contributed by atoms with Crippen molar-refractivity contribution in [2.24, 2.45) is 0 Å². The van der Waals surface area contributed by atoms with Gasteiger partial charge in [0, 0.05) is 32.6 Å². The zero-order chi connectivity index (χ0) is 20.4. The summed E-state index contributed by atoms with van der Waals surface area (Å²) < 4.78 is 11.3. The fourth-order valence-corrected chi connectivity index (χ4v) is 4.37. The van der Waals surface area contributed by atoms with Crippen LogP contribution in [0.15, 0.2) is 54.6 Å². The number of aliphatic hydroxyl groups is 1. The molecule has 2 bridgehead atoms. The zero-order valence-electron chi connectivity index (χ0n) is 17.0. The number of benzene rings is 2. The first-order chi connectivity index (χ1) is 14.0. The molecule has 2 aliphatic heterocycles. The number of carbonyl (C=O) groups is 1. The number of rotatable bonds is 4. The highest BCUT2D eigenvalue weighted by atomic mass is 16.6. The van der Waals surface area contributed by atoms with E-state index in [1.54, 1.807) is 4.90 Å². The molecule has 2 aliphatic rings. The third-order valence-electron chi connectivity index (χ3n) is 5.89. The van der Waals surface area contributed by atoms with Gasteiger partial charge in [0.25, 0.3) is 0 Å². The van der Waals surface area contributed by atoms with Crippen LogP contribution in [-0.4, -0.2) is 55.5 Å². The standard InChI is InChI=1S/C23H28N2O4/c1-24(2)19-10-8-18(9-11-19)23(27)12-20-15-28-16-21(13-23)25(20)22(26)29-14-17-6-4-3-5-7-17/h3-11,20-21,27H,12-16H2,1-2H3. The Bertz CT molecular complexity index is 824. The topological polar surface area (TPSA) is 62.2 Å². The number of carbonyl (C=O) groups excluding carboxylic acids is 1. The van der Waals surface area contributed by atoms with E-state index >= 15 is 0 Å². The molecule has 1 amide bonds. The molecule has 0 saturated carbocycles. The van der Waals surface area contributed by atoms with E-state index in [0.29, 0.717) is 26.1 Å². The quantitative estimate of drug-likeness (QED) is 0.860. The van der Waals surface area contributed by atoms with Crippen LogP contribution in [-0.2, 0) is 21.7 Å². The minimum Gasteiger partial charge on any atom is -0.445 e. The maximum absolute atomic E-state index is 12.8. The normalized spacial score (nSPS) is 26.1. The van der Waals surface area contributed by atoms with Gasteiger partial charge >= 0.3 is 6.09 Å². The second-order valence-corrected chi connectivity index (χ2v) is 8.17. The van der Waals surface area contributed by atoms with Gasteiger partial charge in [0.2, 0.25) is 0 Å². The van der Waals surface area contributed by atoms with Crippen LogP contribution < -0.4 is 4.90 Å². The first-order valence-electron chi connectivity index (χ1n) is 10.0. The molecule has 2 aromatic rings. The van der Waals surface area contributed by atoms with Crippen LogP contribution in [0.4, 0.5) is 10.5 Å². The van der Waals surface area contributed by atoms with Crippen molar-refractivity contribution in [3.8, 4) is 0 Å². The highest BCUT2D eigenvalue weighted by Crippen LogP contribution is 2.41. The summed E-state index contributed by atoms with van der Waals surface area (Å²) in [5.74, 6) is 0. The molecule has 2 heterocycles. The van der Waals surface area contributed by atoms with Gasteiger partial charge in [-0.05, 0) is 23.3 Å². The lowest BCUT2D eigenvalue weighted by Crippen LogP contribution is -2.62. The Balaban J connectivity index is 1.47. The third kappa shape index (κ3) is 4.09. The molecule has 2 saturated heterocycles. The van der Waals surface area contributed by atoms with Crippen molar-refractivity contribution in [1.82, 2.24) is 4.90 Å². The van der Waals surface area contributed by atoms with Crippen LogP contribution in [0.25, 0.3) is 0 Å². The molecule has 6 heteroatoms. The second-order valence-electron chi connectivity index (χ2n) is 8.17. The number of fused-ring (bicyclic) bond motifs is 2. The molecule has 2 fully saturated rings. The predicted molar refractivity (Wildman–Crippen MR) is 111 cm³/mol. The molecule has 1 N–H and O–H groups in total. The molecule has 0 aromatic heterocycles. The average Bonchev–Trinajstić information content (AvgIpc) is 2.72. The van der Waals surface area contributed by atoms with Crippen molar-refractivity contribution in [3.63, 3.8) is 0 Å². The molecular formula is C23H28N2O4. The highest BCUT2D eigenvalue weighted by molar-refractivity contribution is 5.69. The Morgan fingerprint density at radius 1 is 1.10 bits per heavy atom. The molecule has 2 atom stereocenters. The van der Waals surface area contributed by atoms with Crippen molar-refractivity contribution in [1.29, 1.82) is 0 Å². The van der Waals surface area contributed by atoms with Gasteiger partial charge in [-0.15, -0.1) is 0 Å². The van der Waals surface area contributed by atoms with Crippen molar-refractivity contribution >= 4 is 11.8 Å². The molecule has 2 unspecified atom stereocenters. The Kier molecular flexibility index (Phi) is 5.48. The third-order valence-corrected chi connectivity index (χ3v) is 5.89. The predicted octanol–water partition coefficient (Wildman–Crippen LogP) is 3.14. The van der Waals surface area contributed by atoms with Gasteiger partial charge in [0.1, 0.15) is 6.61 Å². The van der Waals surface area contributed by atoms with Gasteiger partial charge in [0.15, 0.2) is 0 Å². The van der Waals surface area contributed by atoms with Crippen LogP contribution in [0.2, 0.25) is 0 Å². The van der Waals surface area contributed by atoms with Crippen LogP contribution in [0.3, 0.4) is 0 Å². The molecule has 0 spiro atoms. The van der Waals surface area contributed by atoms with Gasteiger partial charge in [-0.3, -0.25) is 4.90 Å². The summed E-state index contributed by atoms with van der Waals surface area (Å²) in [7, 11) is 3.98. The largest absolute Gasteiger partial charge is 0.445 e. The summed E-state index contributed by atoms with van der Waals surface area (Å²) in [5, 5.41) is 11.4.